The molecule has 0 bridgehead atoms. The van der Waals surface area contributed by atoms with Crippen LogP contribution in [-0.4, -0.2) is 64.9 Å². The number of nitrogens with zero attached hydrogens (tertiary/aromatic N) is 1. The molecule has 1 unspecified atom stereocenters. The third-order valence-electron chi connectivity index (χ3n) is 7.65. The lowest BCUT2D eigenvalue weighted by atomic mass is 9.91. The SMILES string of the molecule is CC[C@H](C)C(C(=O)N[C@H](C=O)[C@@H](C)CC)N(C(C)=O)C(=O)[C@@H](NC(=O)[C@@H](NC(C)=O)[C@@H](C)CC)[C@@H](C)CC. The van der Waals surface area contributed by atoms with Gasteiger partial charge in [-0.1, -0.05) is 81.1 Å². The maximum atomic E-state index is 14.0. The van der Waals surface area contributed by atoms with Crippen LogP contribution in [0.25, 0.3) is 0 Å². The van der Waals surface area contributed by atoms with Crippen LogP contribution in [0.2, 0.25) is 0 Å². The fourth-order valence-corrected chi connectivity index (χ4v) is 4.15. The second-order valence-electron chi connectivity index (χ2n) is 10.5. The standard InChI is InChI=1S/C28H50N4O6/c1-11-16(5)22(15-33)30-27(37)25(19(8)14-4)32(21(10)35)28(38)24(18(7)13-3)31-26(36)23(17(6)12-2)29-20(9)34/h15-19,22-25H,11-14H2,1-10H3,(H,29,34)(H,30,37)(H,31,36)/t16-,17-,18-,19-,22+,23-,24-,25?/m0/s1. The zero-order valence-electron chi connectivity index (χ0n) is 24.9. The van der Waals surface area contributed by atoms with Crippen molar-refractivity contribution in [1.29, 1.82) is 0 Å². The third kappa shape index (κ3) is 9.83. The second-order valence-corrected chi connectivity index (χ2v) is 10.5. The van der Waals surface area contributed by atoms with Crippen molar-refractivity contribution in [3.05, 3.63) is 0 Å². The second kappa shape index (κ2) is 16.9. The molecule has 0 aromatic rings. The summed E-state index contributed by atoms with van der Waals surface area (Å²) in [4.78, 5) is 78.0. The molecule has 3 N–H and O–H groups in total. The van der Waals surface area contributed by atoms with Gasteiger partial charge in [0.25, 0.3) is 5.91 Å². The summed E-state index contributed by atoms with van der Waals surface area (Å²) in [6, 6.07) is -3.89. The van der Waals surface area contributed by atoms with E-state index in [-0.39, 0.29) is 23.7 Å². The Morgan fingerprint density at radius 1 is 0.658 bits per heavy atom. The van der Waals surface area contributed by atoms with Crippen molar-refractivity contribution in [3.63, 3.8) is 0 Å². The van der Waals surface area contributed by atoms with Crippen LogP contribution in [-0.2, 0) is 28.8 Å². The van der Waals surface area contributed by atoms with Crippen molar-refractivity contribution in [2.75, 3.05) is 0 Å². The van der Waals surface area contributed by atoms with Gasteiger partial charge in [0.15, 0.2) is 0 Å². The molecule has 0 aromatic heterocycles. The van der Waals surface area contributed by atoms with E-state index in [4.69, 9.17) is 0 Å². The molecule has 0 aliphatic carbocycles. The van der Waals surface area contributed by atoms with Crippen molar-refractivity contribution >= 4 is 35.8 Å². The largest absolute Gasteiger partial charge is 0.345 e. The minimum absolute atomic E-state index is 0.131. The number of aldehydes is 1. The van der Waals surface area contributed by atoms with Gasteiger partial charge >= 0.3 is 0 Å². The first-order valence-corrected chi connectivity index (χ1v) is 13.9. The number of carbonyl (C=O) groups excluding carboxylic acids is 6. The van der Waals surface area contributed by atoms with Gasteiger partial charge in [-0.15, -0.1) is 0 Å². The van der Waals surface area contributed by atoms with Crippen LogP contribution in [0.5, 0.6) is 0 Å². The van der Waals surface area contributed by atoms with E-state index < -0.39 is 53.7 Å². The summed E-state index contributed by atoms with van der Waals surface area (Å²) in [6.45, 7) is 17.2. The fourth-order valence-electron chi connectivity index (χ4n) is 4.15. The van der Waals surface area contributed by atoms with Crippen LogP contribution in [0.4, 0.5) is 0 Å². The predicted molar refractivity (Wildman–Crippen MR) is 147 cm³/mol. The highest BCUT2D eigenvalue weighted by atomic mass is 16.2. The quantitative estimate of drug-likeness (QED) is 0.258. The Morgan fingerprint density at radius 3 is 1.53 bits per heavy atom. The Kier molecular flexibility index (Phi) is 15.7. The Morgan fingerprint density at radius 2 is 1.13 bits per heavy atom. The molecule has 0 saturated carbocycles. The Hall–Kier alpha value is -2.78. The van der Waals surface area contributed by atoms with Crippen molar-refractivity contribution in [2.45, 2.75) is 119 Å². The molecule has 0 heterocycles. The lowest BCUT2D eigenvalue weighted by Crippen LogP contribution is -2.63. The number of amides is 5. The van der Waals surface area contributed by atoms with Gasteiger partial charge in [0.1, 0.15) is 24.4 Å². The van der Waals surface area contributed by atoms with Crippen LogP contribution in [0, 0.1) is 23.7 Å². The molecule has 0 aliphatic heterocycles. The Balaban J connectivity index is 6.46. The summed E-state index contributed by atoms with van der Waals surface area (Å²) in [6.07, 6.45) is 2.94. The smallest absolute Gasteiger partial charge is 0.252 e. The molecule has 0 aromatic carbocycles. The molecular weight excluding hydrogens is 488 g/mol. The first-order valence-electron chi connectivity index (χ1n) is 13.9. The van der Waals surface area contributed by atoms with Gasteiger partial charge in [-0.3, -0.25) is 28.9 Å². The molecule has 0 saturated heterocycles. The monoisotopic (exact) mass is 538 g/mol. The van der Waals surface area contributed by atoms with E-state index in [1.54, 1.807) is 13.8 Å². The lowest BCUT2D eigenvalue weighted by Gasteiger charge is -2.37. The average Bonchev–Trinajstić information content (AvgIpc) is 2.88. The van der Waals surface area contributed by atoms with Gasteiger partial charge < -0.3 is 20.7 Å². The van der Waals surface area contributed by atoms with E-state index in [1.165, 1.54) is 13.8 Å². The third-order valence-corrected chi connectivity index (χ3v) is 7.65. The minimum atomic E-state index is -1.17. The molecule has 5 amide bonds. The van der Waals surface area contributed by atoms with Crippen molar-refractivity contribution in [3.8, 4) is 0 Å². The molecule has 38 heavy (non-hydrogen) atoms. The van der Waals surface area contributed by atoms with E-state index in [9.17, 15) is 28.8 Å². The molecule has 8 atom stereocenters. The highest BCUT2D eigenvalue weighted by Gasteiger charge is 2.42. The van der Waals surface area contributed by atoms with E-state index in [0.717, 1.165) is 4.90 Å². The van der Waals surface area contributed by atoms with Gasteiger partial charge in [-0.2, -0.15) is 0 Å². The summed E-state index contributed by atoms with van der Waals surface area (Å²) in [5.74, 6) is -3.93. The van der Waals surface area contributed by atoms with Crippen LogP contribution in [0.15, 0.2) is 0 Å². The molecular formula is C28H50N4O6. The number of hydrogen-bond donors (Lipinski definition) is 3. The average molecular weight is 539 g/mol. The van der Waals surface area contributed by atoms with E-state index >= 15 is 0 Å². The number of carbonyl (C=O) groups is 6. The molecule has 0 aliphatic rings. The zero-order valence-corrected chi connectivity index (χ0v) is 24.9. The number of imide groups is 1. The van der Waals surface area contributed by atoms with Crippen LogP contribution < -0.4 is 16.0 Å². The molecule has 0 rings (SSSR count). The van der Waals surface area contributed by atoms with Crippen LogP contribution >= 0.6 is 0 Å². The van der Waals surface area contributed by atoms with E-state index in [2.05, 4.69) is 16.0 Å². The van der Waals surface area contributed by atoms with Crippen molar-refractivity contribution in [2.24, 2.45) is 23.7 Å². The maximum absolute atomic E-state index is 14.0. The topological polar surface area (TPSA) is 142 Å². The Labute approximate surface area is 228 Å². The minimum Gasteiger partial charge on any atom is -0.345 e. The van der Waals surface area contributed by atoms with Gasteiger partial charge in [0, 0.05) is 13.8 Å². The Bertz CT molecular complexity index is 832. The predicted octanol–water partition coefficient (Wildman–Crippen LogP) is 2.59. The molecule has 0 fully saturated rings. The number of hydrogen-bond acceptors (Lipinski definition) is 6. The maximum Gasteiger partial charge on any atom is 0.252 e. The summed E-state index contributed by atoms with van der Waals surface area (Å²) in [7, 11) is 0. The first kappa shape index (κ1) is 35.2. The first-order chi connectivity index (χ1) is 17.7. The molecule has 218 valence electrons. The normalized spacial score (nSPS) is 17.4. The van der Waals surface area contributed by atoms with Crippen LogP contribution in [0.1, 0.15) is 94.9 Å². The summed E-state index contributed by atoms with van der Waals surface area (Å²) < 4.78 is 0. The highest BCUT2D eigenvalue weighted by molar-refractivity contribution is 6.03. The van der Waals surface area contributed by atoms with Crippen molar-refractivity contribution in [1.82, 2.24) is 20.9 Å². The highest BCUT2D eigenvalue weighted by Crippen LogP contribution is 2.21. The van der Waals surface area contributed by atoms with E-state index in [1.807, 2.05) is 41.5 Å². The van der Waals surface area contributed by atoms with Gasteiger partial charge in [0.05, 0.1) is 6.04 Å². The lowest BCUT2D eigenvalue weighted by molar-refractivity contribution is -0.156. The van der Waals surface area contributed by atoms with Gasteiger partial charge in [-0.05, 0) is 23.7 Å². The van der Waals surface area contributed by atoms with Crippen LogP contribution in [0.3, 0.4) is 0 Å². The molecule has 10 heteroatoms. The molecule has 0 radical (unpaired) electrons. The molecule has 10 nitrogen and oxygen atoms in total. The fraction of sp³-hybridized carbons (Fsp3) is 0.786. The van der Waals surface area contributed by atoms with Gasteiger partial charge in [0.2, 0.25) is 23.6 Å². The zero-order chi connectivity index (χ0) is 29.7. The number of nitrogens with one attached hydrogen (secondary N) is 3. The summed E-state index contributed by atoms with van der Waals surface area (Å²) in [5, 5.41) is 8.14. The van der Waals surface area contributed by atoms with Gasteiger partial charge in [-0.25, -0.2) is 0 Å². The summed E-state index contributed by atoms with van der Waals surface area (Å²) >= 11 is 0. The number of rotatable bonds is 16. The van der Waals surface area contributed by atoms with E-state index in [0.29, 0.717) is 32.0 Å². The molecule has 0 spiro atoms. The summed E-state index contributed by atoms with van der Waals surface area (Å²) in [5.41, 5.74) is 0. The van der Waals surface area contributed by atoms with Crippen molar-refractivity contribution < 1.29 is 28.8 Å².